The second-order valence-corrected chi connectivity index (χ2v) is 6.24. The number of rotatable bonds is 6. The molecule has 1 saturated heterocycles. The van der Waals surface area contributed by atoms with Crippen molar-refractivity contribution in [1.29, 1.82) is 0 Å². The molecule has 0 radical (unpaired) electrons. The normalized spacial score (nSPS) is 12.4. The Morgan fingerprint density at radius 1 is 0.963 bits per heavy atom. The number of hydrogen-bond donors (Lipinski definition) is 2. The van der Waals surface area contributed by atoms with E-state index < -0.39 is 0 Å². The van der Waals surface area contributed by atoms with Crippen LogP contribution in [0.25, 0.3) is 0 Å². The second kappa shape index (κ2) is 12.8. The molecule has 0 unspecified atom stereocenters. The summed E-state index contributed by atoms with van der Waals surface area (Å²) < 4.78 is 0. The number of amides is 1. The summed E-state index contributed by atoms with van der Waals surface area (Å²) >= 11 is 0. The summed E-state index contributed by atoms with van der Waals surface area (Å²) in [4.78, 5) is 18.4. The standard InChI is InChI=1S/C19H24N4O.3ClH/c20-22-19(24)14-16-8-6-15(7-9-16)10-11-17-4-3-5-18(21-17)23-12-1-2-13-23;;;/h3-9H,1-2,10-14,20H2,(H,22,24);3*1H. The Labute approximate surface area is 179 Å². The fourth-order valence-corrected chi connectivity index (χ4v) is 3.06. The largest absolute Gasteiger partial charge is 0.357 e. The molecule has 8 heteroatoms. The highest BCUT2D eigenvalue weighted by Crippen LogP contribution is 2.18. The van der Waals surface area contributed by atoms with Crippen LogP contribution in [-0.4, -0.2) is 24.0 Å². The molecule has 1 aliphatic rings. The van der Waals surface area contributed by atoms with Crippen molar-refractivity contribution in [2.75, 3.05) is 18.0 Å². The summed E-state index contributed by atoms with van der Waals surface area (Å²) in [5.74, 6) is 6.04. The van der Waals surface area contributed by atoms with Gasteiger partial charge < -0.3 is 4.90 Å². The highest BCUT2D eigenvalue weighted by molar-refractivity contribution is 5.86. The summed E-state index contributed by atoms with van der Waals surface area (Å²) in [6.45, 7) is 2.24. The first-order valence-corrected chi connectivity index (χ1v) is 8.53. The first-order chi connectivity index (χ1) is 11.7. The number of nitrogens with zero attached hydrogens (tertiary/aromatic N) is 2. The molecule has 1 fully saturated rings. The molecule has 0 spiro atoms. The molecular formula is C19H27Cl3N4O. The van der Waals surface area contributed by atoms with Crippen LogP contribution in [0.1, 0.15) is 29.7 Å². The van der Waals surface area contributed by atoms with E-state index in [0.29, 0.717) is 6.42 Å². The molecule has 1 aromatic carbocycles. The zero-order chi connectivity index (χ0) is 16.8. The minimum Gasteiger partial charge on any atom is -0.357 e. The fraction of sp³-hybridized carbons (Fsp3) is 0.368. The number of nitrogens with one attached hydrogen (secondary N) is 1. The van der Waals surface area contributed by atoms with Gasteiger partial charge in [0.25, 0.3) is 0 Å². The van der Waals surface area contributed by atoms with Crippen LogP contribution in [0, 0.1) is 0 Å². The van der Waals surface area contributed by atoms with Gasteiger partial charge in [-0.15, -0.1) is 37.2 Å². The zero-order valence-electron chi connectivity index (χ0n) is 15.1. The van der Waals surface area contributed by atoms with E-state index in [1.54, 1.807) is 0 Å². The molecule has 0 bridgehead atoms. The van der Waals surface area contributed by atoms with E-state index in [4.69, 9.17) is 10.8 Å². The van der Waals surface area contributed by atoms with Gasteiger partial charge in [0.05, 0.1) is 6.42 Å². The van der Waals surface area contributed by atoms with Crippen LogP contribution in [0.3, 0.4) is 0 Å². The van der Waals surface area contributed by atoms with Crippen LogP contribution in [0.5, 0.6) is 0 Å². The SMILES string of the molecule is Cl.Cl.Cl.NNC(=O)Cc1ccc(CCc2cccc(N3CCCC3)n2)cc1. The van der Waals surface area contributed by atoms with Crippen LogP contribution in [-0.2, 0) is 24.1 Å². The molecule has 1 aromatic heterocycles. The summed E-state index contributed by atoms with van der Waals surface area (Å²) in [7, 11) is 0. The zero-order valence-corrected chi connectivity index (χ0v) is 17.5. The highest BCUT2D eigenvalue weighted by atomic mass is 35.5. The molecule has 0 aliphatic carbocycles. The van der Waals surface area contributed by atoms with E-state index in [9.17, 15) is 4.79 Å². The van der Waals surface area contributed by atoms with Gasteiger partial charge >= 0.3 is 0 Å². The number of carbonyl (C=O) groups excluding carboxylic acids is 1. The van der Waals surface area contributed by atoms with Gasteiger partial charge in [-0.25, -0.2) is 10.8 Å². The number of carbonyl (C=O) groups is 1. The van der Waals surface area contributed by atoms with E-state index >= 15 is 0 Å². The van der Waals surface area contributed by atoms with Crippen molar-refractivity contribution in [3.05, 3.63) is 59.3 Å². The van der Waals surface area contributed by atoms with Crippen LogP contribution in [0.4, 0.5) is 5.82 Å². The van der Waals surface area contributed by atoms with Gasteiger partial charge in [-0.3, -0.25) is 10.2 Å². The van der Waals surface area contributed by atoms with E-state index in [1.807, 2.05) is 12.1 Å². The molecular weight excluding hydrogens is 407 g/mol. The van der Waals surface area contributed by atoms with E-state index in [1.165, 1.54) is 18.4 Å². The van der Waals surface area contributed by atoms with Crippen molar-refractivity contribution in [3.63, 3.8) is 0 Å². The Balaban J connectivity index is 0.00000225. The lowest BCUT2D eigenvalue weighted by Crippen LogP contribution is -2.31. The van der Waals surface area contributed by atoms with E-state index in [2.05, 4.69) is 40.7 Å². The summed E-state index contributed by atoms with van der Waals surface area (Å²) in [5, 5.41) is 0. The number of anilines is 1. The molecule has 3 N–H and O–H groups in total. The molecule has 1 aliphatic heterocycles. The summed E-state index contributed by atoms with van der Waals surface area (Å²) in [5.41, 5.74) is 5.50. The van der Waals surface area contributed by atoms with Gasteiger partial charge in [0.15, 0.2) is 0 Å². The van der Waals surface area contributed by atoms with Gasteiger partial charge in [0, 0.05) is 18.8 Å². The van der Waals surface area contributed by atoms with Crippen LogP contribution in [0.2, 0.25) is 0 Å². The number of aromatic nitrogens is 1. The highest BCUT2D eigenvalue weighted by Gasteiger charge is 2.13. The van der Waals surface area contributed by atoms with Crippen LogP contribution >= 0.6 is 37.2 Å². The first-order valence-electron chi connectivity index (χ1n) is 8.53. The van der Waals surface area contributed by atoms with Crippen molar-refractivity contribution in [1.82, 2.24) is 10.4 Å². The molecule has 5 nitrogen and oxygen atoms in total. The lowest BCUT2D eigenvalue weighted by Gasteiger charge is -2.16. The number of halogens is 3. The van der Waals surface area contributed by atoms with Gasteiger partial charge in [-0.1, -0.05) is 30.3 Å². The lowest BCUT2D eigenvalue weighted by atomic mass is 10.0. The van der Waals surface area contributed by atoms with Crippen molar-refractivity contribution >= 4 is 48.9 Å². The molecule has 2 heterocycles. The third-order valence-corrected chi connectivity index (χ3v) is 4.44. The predicted molar refractivity (Wildman–Crippen MR) is 117 cm³/mol. The summed E-state index contributed by atoms with van der Waals surface area (Å²) in [6, 6.07) is 14.4. The Hall–Kier alpha value is -1.53. The maximum atomic E-state index is 11.3. The Morgan fingerprint density at radius 2 is 1.59 bits per heavy atom. The predicted octanol–water partition coefficient (Wildman–Crippen LogP) is 3.26. The van der Waals surface area contributed by atoms with Crippen LogP contribution < -0.4 is 16.2 Å². The van der Waals surface area contributed by atoms with Gasteiger partial charge in [0.1, 0.15) is 5.82 Å². The van der Waals surface area contributed by atoms with Crippen molar-refractivity contribution in [2.45, 2.75) is 32.1 Å². The number of benzene rings is 1. The number of aryl methyl sites for hydroxylation is 2. The molecule has 0 atom stereocenters. The minimum atomic E-state index is -0.175. The quantitative estimate of drug-likeness (QED) is 0.417. The third-order valence-electron chi connectivity index (χ3n) is 4.44. The number of pyridine rings is 1. The Morgan fingerprint density at radius 3 is 2.22 bits per heavy atom. The van der Waals surface area contributed by atoms with Crippen molar-refractivity contribution in [2.24, 2.45) is 5.84 Å². The molecule has 2 aromatic rings. The Bertz CT molecular complexity index is 692. The topological polar surface area (TPSA) is 71.2 Å². The molecule has 0 saturated carbocycles. The van der Waals surface area contributed by atoms with Gasteiger partial charge in [-0.05, 0) is 48.9 Å². The van der Waals surface area contributed by atoms with Crippen molar-refractivity contribution in [3.8, 4) is 0 Å². The molecule has 27 heavy (non-hydrogen) atoms. The third kappa shape index (κ3) is 7.54. The number of hydrogen-bond acceptors (Lipinski definition) is 4. The molecule has 150 valence electrons. The average Bonchev–Trinajstić information content (AvgIpc) is 3.16. The first kappa shape index (κ1) is 25.5. The van der Waals surface area contributed by atoms with Crippen LogP contribution in [0.15, 0.2) is 42.5 Å². The average molecular weight is 434 g/mol. The Kier molecular flexibility index (Phi) is 12.1. The van der Waals surface area contributed by atoms with Gasteiger partial charge in [0.2, 0.25) is 5.91 Å². The number of hydrazine groups is 1. The smallest absolute Gasteiger partial charge is 0.238 e. The second-order valence-electron chi connectivity index (χ2n) is 6.24. The lowest BCUT2D eigenvalue weighted by molar-refractivity contribution is -0.120. The molecule has 3 rings (SSSR count). The monoisotopic (exact) mass is 432 g/mol. The van der Waals surface area contributed by atoms with Crippen molar-refractivity contribution < 1.29 is 4.79 Å². The maximum Gasteiger partial charge on any atom is 0.238 e. The fourth-order valence-electron chi connectivity index (χ4n) is 3.06. The minimum absolute atomic E-state index is 0. The molecule has 1 amide bonds. The summed E-state index contributed by atoms with van der Waals surface area (Å²) in [6.07, 6.45) is 4.71. The van der Waals surface area contributed by atoms with E-state index in [0.717, 1.165) is 43.0 Å². The number of nitrogens with two attached hydrogens (primary N) is 1. The van der Waals surface area contributed by atoms with E-state index in [-0.39, 0.29) is 43.1 Å². The maximum absolute atomic E-state index is 11.3. The van der Waals surface area contributed by atoms with Gasteiger partial charge in [-0.2, -0.15) is 0 Å².